The average Bonchev–Trinajstić information content (AvgIpc) is 2.99. The number of hydrogen-bond acceptors (Lipinski definition) is 6. The van der Waals surface area contributed by atoms with Crippen molar-refractivity contribution in [1.29, 1.82) is 0 Å². The molecule has 0 aromatic carbocycles. The smallest absolute Gasteiger partial charge is 0.302 e. The first kappa shape index (κ1) is 23.3. The van der Waals surface area contributed by atoms with Crippen LogP contribution in [0.15, 0.2) is 12.2 Å². The van der Waals surface area contributed by atoms with E-state index in [0.29, 0.717) is 12.3 Å². The largest absolute Gasteiger partial charge is 0.465 e. The van der Waals surface area contributed by atoms with Crippen LogP contribution in [0.4, 0.5) is 0 Å². The van der Waals surface area contributed by atoms with Gasteiger partial charge in [-0.25, -0.2) is 0 Å². The van der Waals surface area contributed by atoms with Crippen molar-refractivity contribution >= 4 is 17.9 Å². The van der Waals surface area contributed by atoms with Crippen LogP contribution in [0.5, 0.6) is 0 Å². The van der Waals surface area contributed by atoms with Gasteiger partial charge < -0.3 is 14.2 Å². The van der Waals surface area contributed by atoms with E-state index in [1.165, 1.54) is 20.8 Å². The van der Waals surface area contributed by atoms with Gasteiger partial charge in [-0.15, -0.1) is 0 Å². The molecular formula is C26H38O6. The molecule has 4 aliphatic carbocycles. The fourth-order valence-electron chi connectivity index (χ4n) is 8.24. The SMILES string of the molecule is CC(=O)OC[C@]12C=C[C@@]3(CC[C@@H]4C(C)(C)CC[C@H](OC(C)=O)[C@@]4(C)[C@@H]3C[C@H]1OC(C)=O)C2. The second-order valence-corrected chi connectivity index (χ2v) is 11.7. The predicted octanol–water partition coefficient (Wildman–Crippen LogP) is 4.60. The van der Waals surface area contributed by atoms with Gasteiger partial charge in [0.2, 0.25) is 0 Å². The van der Waals surface area contributed by atoms with Gasteiger partial charge in [0, 0.05) is 26.2 Å². The number of carbonyl (C=O) groups is 3. The van der Waals surface area contributed by atoms with Crippen LogP contribution in [0.2, 0.25) is 0 Å². The Balaban J connectivity index is 1.76. The summed E-state index contributed by atoms with van der Waals surface area (Å²) in [5.74, 6) is -0.240. The molecule has 4 aliphatic rings. The van der Waals surface area contributed by atoms with Crippen molar-refractivity contribution in [2.24, 2.45) is 33.5 Å². The molecule has 4 rings (SSSR count). The number of esters is 3. The Morgan fingerprint density at radius 3 is 2.12 bits per heavy atom. The molecule has 0 N–H and O–H groups in total. The van der Waals surface area contributed by atoms with Crippen LogP contribution in [-0.4, -0.2) is 36.7 Å². The molecule has 6 heteroatoms. The molecule has 0 saturated heterocycles. The summed E-state index contributed by atoms with van der Waals surface area (Å²) in [6, 6.07) is 0. The van der Waals surface area contributed by atoms with Crippen molar-refractivity contribution < 1.29 is 28.6 Å². The Morgan fingerprint density at radius 1 is 0.844 bits per heavy atom. The molecule has 0 radical (unpaired) electrons. The van der Waals surface area contributed by atoms with Crippen molar-refractivity contribution in [1.82, 2.24) is 0 Å². The summed E-state index contributed by atoms with van der Waals surface area (Å²) in [6.45, 7) is 11.6. The maximum absolute atomic E-state index is 12.1. The highest BCUT2D eigenvalue weighted by atomic mass is 16.6. The van der Waals surface area contributed by atoms with Crippen molar-refractivity contribution in [3.63, 3.8) is 0 Å². The van der Waals surface area contributed by atoms with E-state index in [2.05, 4.69) is 32.9 Å². The third kappa shape index (κ3) is 3.49. The second kappa shape index (κ2) is 7.59. The van der Waals surface area contributed by atoms with Crippen molar-refractivity contribution in [3.05, 3.63) is 12.2 Å². The molecule has 1 spiro atoms. The highest BCUT2D eigenvalue weighted by molar-refractivity contribution is 5.67. The molecule has 3 fully saturated rings. The van der Waals surface area contributed by atoms with E-state index < -0.39 is 5.41 Å². The van der Waals surface area contributed by atoms with Gasteiger partial charge >= 0.3 is 17.9 Å². The van der Waals surface area contributed by atoms with E-state index in [4.69, 9.17) is 14.2 Å². The van der Waals surface area contributed by atoms with Crippen molar-refractivity contribution in [3.8, 4) is 0 Å². The lowest BCUT2D eigenvalue weighted by Crippen LogP contribution is -2.64. The third-order valence-corrected chi connectivity index (χ3v) is 9.44. The Morgan fingerprint density at radius 2 is 1.50 bits per heavy atom. The van der Waals surface area contributed by atoms with Crippen LogP contribution in [0.25, 0.3) is 0 Å². The van der Waals surface area contributed by atoms with Crippen LogP contribution >= 0.6 is 0 Å². The van der Waals surface area contributed by atoms with E-state index in [0.717, 1.165) is 32.1 Å². The molecule has 3 saturated carbocycles. The Hall–Kier alpha value is -1.85. The Labute approximate surface area is 191 Å². The van der Waals surface area contributed by atoms with Gasteiger partial charge in [-0.05, 0) is 61.2 Å². The minimum atomic E-state index is -0.488. The Bertz CT molecular complexity index is 845. The third-order valence-electron chi connectivity index (χ3n) is 9.44. The molecule has 2 bridgehead atoms. The number of hydrogen-bond donors (Lipinski definition) is 0. The highest BCUT2D eigenvalue weighted by Gasteiger charge is 2.69. The molecule has 0 aromatic heterocycles. The molecule has 0 heterocycles. The monoisotopic (exact) mass is 446 g/mol. The lowest BCUT2D eigenvalue weighted by molar-refractivity contribution is -0.227. The number of ether oxygens (including phenoxy) is 3. The summed E-state index contributed by atoms with van der Waals surface area (Å²) in [4.78, 5) is 35.8. The zero-order valence-electron chi connectivity index (χ0n) is 20.4. The standard InChI is InChI=1S/C26H38O6/c1-16(27)30-15-26-12-11-25(14-26)10-7-19-23(4,5)9-8-21(31-17(2)28)24(19,6)20(25)13-22(26)32-18(3)29/h11-12,19-22H,7-10,13-15H2,1-6H3/t19-,20+,21+,22-,24-,25+,26-/m1/s1. The number of fused-ring (bicyclic) bond motifs is 3. The van der Waals surface area contributed by atoms with Crippen molar-refractivity contribution in [2.75, 3.05) is 6.61 Å². The van der Waals surface area contributed by atoms with Crippen LogP contribution in [0, 0.1) is 33.5 Å². The number of carbonyl (C=O) groups excluding carboxylic acids is 3. The van der Waals surface area contributed by atoms with Crippen LogP contribution in [0.3, 0.4) is 0 Å². The summed E-state index contributed by atoms with van der Waals surface area (Å²) < 4.78 is 17.4. The molecule has 6 nitrogen and oxygen atoms in total. The summed E-state index contributed by atoms with van der Waals surface area (Å²) >= 11 is 0. The number of rotatable bonds is 4. The van der Waals surface area contributed by atoms with E-state index in [9.17, 15) is 14.4 Å². The fourth-order valence-corrected chi connectivity index (χ4v) is 8.24. The minimum Gasteiger partial charge on any atom is -0.465 e. The molecule has 0 aliphatic heterocycles. The highest BCUT2D eigenvalue weighted by Crippen LogP contribution is 2.72. The molecule has 0 unspecified atom stereocenters. The zero-order chi connectivity index (χ0) is 23.5. The van der Waals surface area contributed by atoms with Gasteiger partial charge in [-0.3, -0.25) is 14.4 Å². The van der Waals surface area contributed by atoms with Crippen LogP contribution < -0.4 is 0 Å². The summed E-state index contributed by atoms with van der Waals surface area (Å²) in [5.41, 5.74) is -0.614. The van der Waals surface area contributed by atoms with Crippen molar-refractivity contribution in [2.45, 2.75) is 92.3 Å². The Kier molecular flexibility index (Phi) is 5.53. The predicted molar refractivity (Wildman–Crippen MR) is 118 cm³/mol. The topological polar surface area (TPSA) is 78.9 Å². The van der Waals surface area contributed by atoms with Crippen LogP contribution in [-0.2, 0) is 28.6 Å². The number of allylic oxidation sites excluding steroid dienone is 1. The maximum Gasteiger partial charge on any atom is 0.302 e. The van der Waals surface area contributed by atoms with Gasteiger partial charge in [0.05, 0.1) is 5.41 Å². The quantitative estimate of drug-likeness (QED) is 0.357. The van der Waals surface area contributed by atoms with Gasteiger partial charge in [0.1, 0.15) is 18.8 Å². The molecule has 0 aromatic rings. The van der Waals surface area contributed by atoms with E-state index >= 15 is 0 Å². The molecule has 7 atom stereocenters. The molecule has 32 heavy (non-hydrogen) atoms. The first-order valence-corrected chi connectivity index (χ1v) is 12.0. The minimum absolute atomic E-state index is 0.0616. The summed E-state index contributed by atoms with van der Waals surface area (Å²) in [6.07, 6.45) is 9.46. The summed E-state index contributed by atoms with van der Waals surface area (Å²) in [5, 5.41) is 0. The van der Waals surface area contributed by atoms with E-state index in [1.807, 2.05) is 0 Å². The first-order chi connectivity index (χ1) is 14.8. The fraction of sp³-hybridized carbons (Fsp3) is 0.808. The normalized spacial score (nSPS) is 43.6. The van der Waals surface area contributed by atoms with Gasteiger partial charge in [-0.2, -0.15) is 0 Å². The van der Waals surface area contributed by atoms with Gasteiger partial charge in [0.25, 0.3) is 0 Å². The van der Waals surface area contributed by atoms with E-state index in [-0.39, 0.29) is 58.9 Å². The molecule has 178 valence electrons. The van der Waals surface area contributed by atoms with E-state index in [1.54, 1.807) is 0 Å². The molecule has 0 amide bonds. The molecular weight excluding hydrogens is 408 g/mol. The lowest BCUT2D eigenvalue weighted by atomic mass is 9.39. The van der Waals surface area contributed by atoms with Gasteiger partial charge in [0.15, 0.2) is 0 Å². The van der Waals surface area contributed by atoms with Gasteiger partial charge in [-0.1, -0.05) is 32.9 Å². The van der Waals surface area contributed by atoms with Crippen LogP contribution in [0.1, 0.15) is 80.1 Å². The maximum atomic E-state index is 12.1. The average molecular weight is 447 g/mol. The lowest BCUT2D eigenvalue weighted by Gasteiger charge is -2.66. The zero-order valence-corrected chi connectivity index (χ0v) is 20.4. The summed E-state index contributed by atoms with van der Waals surface area (Å²) in [7, 11) is 0. The second-order valence-electron chi connectivity index (χ2n) is 11.7. The first-order valence-electron chi connectivity index (χ1n) is 12.0.